The summed E-state index contributed by atoms with van der Waals surface area (Å²) in [5, 5.41) is 24.0. The SMILES string of the molecule is CC(O)(CCNc1ccc([N+](=O)[O-])cn1)c1ccccc1. The molecular formula is C15H17N3O3. The van der Waals surface area contributed by atoms with Gasteiger partial charge in [-0.3, -0.25) is 10.1 Å². The molecule has 1 atom stereocenters. The van der Waals surface area contributed by atoms with Gasteiger partial charge in [0.25, 0.3) is 5.69 Å². The van der Waals surface area contributed by atoms with E-state index in [1.54, 1.807) is 13.0 Å². The number of pyridine rings is 1. The number of anilines is 1. The first-order chi connectivity index (χ1) is 9.99. The average molecular weight is 287 g/mol. The van der Waals surface area contributed by atoms with Gasteiger partial charge in [0.15, 0.2) is 0 Å². The molecule has 0 radical (unpaired) electrons. The lowest BCUT2D eigenvalue weighted by molar-refractivity contribution is -0.385. The zero-order valence-electron chi connectivity index (χ0n) is 11.7. The molecule has 2 aromatic rings. The summed E-state index contributed by atoms with van der Waals surface area (Å²) in [4.78, 5) is 14.0. The Bertz CT molecular complexity index is 597. The van der Waals surface area contributed by atoms with Crippen LogP contribution < -0.4 is 5.32 Å². The Morgan fingerprint density at radius 2 is 2.00 bits per heavy atom. The van der Waals surface area contributed by atoms with Crippen LogP contribution in [0.4, 0.5) is 11.5 Å². The summed E-state index contributed by atoms with van der Waals surface area (Å²) >= 11 is 0. The topological polar surface area (TPSA) is 88.3 Å². The number of rotatable bonds is 6. The van der Waals surface area contributed by atoms with Gasteiger partial charge >= 0.3 is 0 Å². The maximum atomic E-state index is 10.5. The Labute approximate surface area is 122 Å². The van der Waals surface area contributed by atoms with Gasteiger partial charge in [0.05, 0.1) is 10.5 Å². The van der Waals surface area contributed by atoms with Gasteiger partial charge in [-0.2, -0.15) is 0 Å². The van der Waals surface area contributed by atoms with E-state index in [2.05, 4.69) is 10.3 Å². The van der Waals surface area contributed by atoms with Crippen molar-refractivity contribution in [2.45, 2.75) is 18.9 Å². The smallest absolute Gasteiger partial charge is 0.287 e. The number of aliphatic hydroxyl groups is 1. The number of hydrogen-bond acceptors (Lipinski definition) is 5. The molecule has 0 saturated carbocycles. The molecule has 0 aliphatic heterocycles. The summed E-state index contributed by atoms with van der Waals surface area (Å²) in [7, 11) is 0. The molecule has 2 N–H and O–H groups in total. The van der Waals surface area contributed by atoms with E-state index in [1.165, 1.54) is 12.3 Å². The fourth-order valence-corrected chi connectivity index (χ4v) is 1.97. The first-order valence-electron chi connectivity index (χ1n) is 6.61. The van der Waals surface area contributed by atoms with Crippen molar-refractivity contribution in [1.29, 1.82) is 0 Å². The third-order valence-corrected chi connectivity index (χ3v) is 3.27. The normalized spacial score (nSPS) is 13.4. The van der Waals surface area contributed by atoms with Crippen molar-refractivity contribution in [3.05, 3.63) is 64.3 Å². The maximum absolute atomic E-state index is 10.5. The molecule has 0 aliphatic rings. The minimum atomic E-state index is -0.935. The second-order valence-corrected chi connectivity index (χ2v) is 4.98. The number of aromatic nitrogens is 1. The van der Waals surface area contributed by atoms with Crippen molar-refractivity contribution < 1.29 is 10.0 Å². The summed E-state index contributed by atoms with van der Waals surface area (Å²) in [6.07, 6.45) is 1.70. The molecule has 2 rings (SSSR count). The van der Waals surface area contributed by atoms with Crippen molar-refractivity contribution in [3.63, 3.8) is 0 Å². The zero-order chi connectivity index (χ0) is 15.3. The fourth-order valence-electron chi connectivity index (χ4n) is 1.97. The summed E-state index contributed by atoms with van der Waals surface area (Å²) in [6, 6.07) is 12.4. The summed E-state index contributed by atoms with van der Waals surface area (Å²) in [6.45, 7) is 2.26. The van der Waals surface area contributed by atoms with E-state index in [9.17, 15) is 15.2 Å². The monoisotopic (exact) mass is 287 g/mol. The molecule has 1 aromatic heterocycles. The van der Waals surface area contributed by atoms with Gasteiger partial charge in [-0.25, -0.2) is 4.98 Å². The molecule has 0 fully saturated rings. The van der Waals surface area contributed by atoms with Gasteiger partial charge in [-0.15, -0.1) is 0 Å². The van der Waals surface area contributed by atoms with Gasteiger partial charge in [0.1, 0.15) is 12.0 Å². The molecule has 0 amide bonds. The van der Waals surface area contributed by atoms with Crippen molar-refractivity contribution in [3.8, 4) is 0 Å². The minimum absolute atomic E-state index is 0.0446. The predicted octanol–water partition coefficient (Wildman–Crippen LogP) is 2.70. The second-order valence-electron chi connectivity index (χ2n) is 4.98. The first-order valence-corrected chi connectivity index (χ1v) is 6.61. The second kappa shape index (κ2) is 6.32. The summed E-state index contributed by atoms with van der Waals surface area (Å²) in [5.41, 5.74) is -0.130. The first kappa shape index (κ1) is 14.9. The quantitative estimate of drug-likeness (QED) is 0.630. The molecule has 0 spiro atoms. The highest BCUT2D eigenvalue weighted by molar-refractivity contribution is 5.40. The molecule has 1 unspecified atom stereocenters. The van der Waals surface area contributed by atoms with Gasteiger partial charge in [0.2, 0.25) is 0 Å². The van der Waals surface area contributed by atoms with Gasteiger partial charge in [-0.05, 0) is 25.0 Å². The van der Waals surface area contributed by atoms with Crippen LogP contribution in [0.5, 0.6) is 0 Å². The van der Waals surface area contributed by atoms with Gasteiger partial charge < -0.3 is 10.4 Å². The van der Waals surface area contributed by atoms with Crippen LogP contribution in [-0.4, -0.2) is 21.6 Å². The highest BCUT2D eigenvalue weighted by atomic mass is 16.6. The zero-order valence-corrected chi connectivity index (χ0v) is 11.7. The molecule has 21 heavy (non-hydrogen) atoms. The highest BCUT2D eigenvalue weighted by Gasteiger charge is 2.22. The van der Waals surface area contributed by atoms with E-state index in [1.807, 2.05) is 30.3 Å². The Balaban J connectivity index is 1.90. The van der Waals surface area contributed by atoms with Gasteiger partial charge in [0, 0.05) is 12.6 Å². The molecule has 1 aromatic carbocycles. The standard InChI is InChI=1S/C15H17N3O3/c1-15(19,12-5-3-2-4-6-12)9-10-16-14-8-7-13(11-17-14)18(20)21/h2-8,11,19H,9-10H2,1H3,(H,16,17). The Hall–Kier alpha value is -2.47. The number of hydrogen-bond donors (Lipinski definition) is 2. The summed E-state index contributed by atoms with van der Waals surface area (Å²) in [5.74, 6) is 0.546. The van der Waals surface area contributed by atoms with Crippen molar-refractivity contribution >= 4 is 11.5 Å². The molecule has 0 aliphatic carbocycles. The summed E-state index contributed by atoms with van der Waals surface area (Å²) < 4.78 is 0. The molecule has 0 saturated heterocycles. The third-order valence-electron chi connectivity index (χ3n) is 3.27. The van der Waals surface area contributed by atoms with Crippen molar-refractivity contribution in [1.82, 2.24) is 4.98 Å². The molecular weight excluding hydrogens is 270 g/mol. The lowest BCUT2D eigenvalue weighted by atomic mass is 9.93. The molecule has 110 valence electrons. The number of nitrogens with zero attached hydrogens (tertiary/aromatic N) is 2. The van der Waals surface area contributed by atoms with Crippen LogP contribution in [0.25, 0.3) is 0 Å². The third kappa shape index (κ3) is 4.00. The maximum Gasteiger partial charge on any atom is 0.287 e. The van der Waals surface area contributed by atoms with Crippen LogP contribution in [0.1, 0.15) is 18.9 Å². The van der Waals surface area contributed by atoms with E-state index < -0.39 is 10.5 Å². The number of nitro groups is 1. The molecule has 6 nitrogen and oxygen atoms in total. The lowest BCUT2D eigenvalue weighted by Gasteiger charge is -2.24. The Morgan fingerprint density at radius 3 is 2.57 bits per heavy atom. The lowest BCUT2D eigenvalue weighted by Crippen LogP contribution is -2.24. The molecule has 1 heterocycles. The van der Waals surface area contributed by atoms with Crippen LogP contribution in [0.2, 0.25) is 0 Å². The van der Waals surface area contributed by atoms with Crippen molar-refractivity contribution in [2.24, 2.45) is 0 Å². The fraction of sp³-hybridized carbons (Fsp3) is 0.267. The minimum Gasteiger partial charge on any atom is -0.385 e. The van der Waals surface area contributed by atoms with E-state index in [-0.39, 0.29) is 5.69 Å². The van der Waals surface area contributed by atoms with E-state index >= 15 is 0 Å². The van der Waals surface area contributed by atoms with Crippen LogP contribution in [0.3, 0.4) is 0 Å². The van der Waals surface area contributed by atoms with Crippen LogP contribution in [0.15, 0.2) is 48.7 Å². The molecule has 6 heteroatoms. The van der Waals surface area contributed by atoms with Gasteiger partial charge in [-0.1, -0.05) is 30.3 Å². The van der Waals surface area contributed by atoms with E-state index in [0.29, 0.717) is 18.8 Å². The van der Waals surface area contributed by atoms with E-state index in [4.69, 9.17) is 0 Å². The predicted molar refractivity (Wildman–Crippen MR) is 80.0 cm³/mol. The van der Waals surface area contributed by atoms with Crippen LogP contribution in [0, 0.1) is 10.1 Å². The Morgan fingerprint density at radius 1 is 1.29 bits per heavy atom. The number of nitrogens with one attached hydrogen (secondary N) is 1. The highest BCUT2D eigenvalue weighted by Crippen LogP contribution is 2.24. The largest absolute Gasteiger partial charge is 0.385 e. The number of benzene rings is 1. The van der Waals surface area contributed by atoms with Crippen molar-refractivity contribution in [2.75, 3.05) is 11.9 Å². The van der Waals surface area contributed by atoms with Crippen LogP contribution >= 0.6 is 0 Å². The van der Waals surface area contributed by atoms with Crippen LogP contribution in [-0.2, 0) is 5.60 Å². The Kier molecular flexibility index (Phi) is 4.49. The van der Waals surface area contributed by atoms with E-state index in [0.717, 1.165) is 5.56 Å². The molecule has 0 bridgehead atoms. The average Bonchev–Trinajstić information content (AvgIpc) is 2.48.